The fourth-order valence-electron chi connectivity index (χ4n) is 3.26. The second-order valence-electron chi connectivity index (χ2n) is 6.10. The second-order valence-corrected chi connectivity index (χ2v) is 8.21. The Labute approximate surface area is 170 Å². The quantitative estimate of drug-likeness (QED) is 0.503. The third kappa shape index (κ3) is 2.77. The molecule has 0 spiro atoms. The molecule has 1 atom stereocenters. The molecule has 0 fully saturated rings. The SMILES string of the molecule is S=c1sc2c(n1-c1ccc(Cl)cc1)N1C=CC=NC1=NC2c1ccccc1. The molecule has 0 saturated heterocycles. The van der Waals surface area contributed by atoms with E-state index in [0.29, 0.717) is 11.0 Å². The van der Waals surface area contributed by atoms with Crippen molar-refractivity contribution in [2.45, 2.75) is 6.04 Å². The van der Waals surface area contributed by atoms with Gasteiger partial charge in [-0.3, -0.25) is 9.47 Å². The number of hydrogen-bond acceptors (Lipinski definition) is 5. The highest BCUT2D eigenvalue weighted by atomic mass is 35.5. The first kappa shape index (κ1) is 16.6. The number of guanidine groups is 1. The fourth-order valence-corrected chi connectivity index (χ4v) is 4.90. The van der Waals surface area contributed by atoms with Crippen LogP contribution in [-0.4, -0.2) is 16.7 Å². The van der Waals surface area contributed by atoms with E-state index in [0.717, 1.165) is 25.9 Å². The summed E-state index contributed by atoms with van der Waals surface area (Å²) in [5.74, 6) is 1.65. The van der Waals surface area contributed by atoms with E-state index in [-0.39, 0.29) is 6.04 Å². The Morgan fingerprint density at radius 2 is 1.81 bits per heavy atom. The van der Waals surface area contributed by atoms with Crippen molar-refractivity contribution in [3.05, 3.63) is 86.3 Å². The summed E-state index contributed by atoms with van der Waals surface area (Å²) in [6, 6.07) is 17.8. The van der Waals surface area contributed by atoms with Crippen molar-refractivity contribution in [3.63, 3.8) is 0 Å². The van der Waals surface area contributed by atoms with Crippen LogP contribution in [0.5, 0.6) is 0 Å². The minimum absolute atomic E-state index is 0.128. The highest BCUT2D eigenvalue weighted by Crippen LogP contribution is 2.44. The summed E-state index contributed by atoms with van der Waals surface area (Å²) in [4.78, 5) is 12.5. The first-order chi connectivity index (χ1) is 13.2. The van der Waals surface area contributed by atoms with E-state index in [1.807, 2.05) is 59.6 Å². The third-order valence-electron chi connectivity index (χ3n) is 4.46. The summed E-state index contributed by atoms with van der Waals surface area (Å²) >= 11 is 13.4. The van der Waals surface area contributed by atoms with E-state index in [4.69, 9.17) is 28.8 Å². The number of fused-ring (bicyclic) bond motifs is 3. The Morgan fingerprint density at radius 1 is 1.04 bits per heavy atom. The van der Waals surface area contributed by atoms with Crippen LogP contribution in [0.3, 0.4) is 0 Å². The van der Waals surface area contributed by atoms with Crippen molar-refractivity contribution < 1.29 is 0 Å². The summed E-state index contributed by atoms with van der Waals surface area (Å²) in [5.41, 5.74) is 2.09. The zero-order valence-corrected chi connectivity index (χ0v) is 16.4. The number of aromatic nitrogens is 1. The average molecular weight is 409 g/mol. The van der Waals surface area contributed by atoms with Crippen LogP contribution in [0.1, 0.15) is 16.5 Å². The normalized spacial score (nSPS) is 17.4. The Kier molecular flexibility index (Phi) is 4.04. The van der Waals surface area contributed by atoms with Gasteiger partial charge in [0, 0.05) is 23.1 Å². The zero-order chi connectivity index (χ0) is 18.4. The molecule has 0 bridgehead atoms. The van der Waals surface area contributed by atoms with Gasteiger partial charge in [-0.2, -0.15) is 0 Å². The van der Waals surface area contributed by atoms with Crippen LogP contribution in [0.2, 0.25) is 5.02 Å². The summed E-state index contributed by atoms with van der Waals surface area (Å²) < 4.78 is 2.84. The molecule has 7 heteroatoms. The van der Waals surface area contributed by atoms with Crippen LogP contribution in [0.4, 0.5) is 5.82 Å². The van der Waals surface area contributed by atoms with Crippen LogP contribution in [0.25, 0.3) is 5.69 Å². The van der Waals surface area contributed by atoms with Gasteiger partial charge < -0.3 is 0 Å². The first-order valence-corrected chi connectivity index (χ1v) is 9.97. The lowest BCUT2D eigenvalue weighted by atomic mass is 10.0. The Balaban J connectivity index is 1.77. The number of anilines is 1. The lowest BCUT2D eigenvalue weighted by molar-refractivity contribution is 0.844. The average Bonchev–Trinajstić information content (AvgIpc) is 3.06. The summed E-state index contributed by atoms with van der Waals surface area (Å²) in [7, 11) is 0. The van der Waals surface area contributed by atoms with Crippen molar-refractivity contribution in [3.8, 4) is 5.69 Å². The van der Waals surface area contributed by atoms with Crippen LogP contribution in [0, 0.1) is 3.95 Å². The van der Waals surface area contributed by atoms with E-state index in [9.17, 15) is 0 Å². The summed E-state index contributed by atoms with van der Waals surface area (Å²) in [6.45, 7) is 0. The number of aliphatic imine (C=N–C) groups is 2. The minimum Gasteiger partial charge on any atom is -0.277 e. The number of halogens is 1. The predicted molar refractivity (Wildman–Crippen MR) is 115 cm³/mol. The van der Waals surface area contributed by atoms with Gasteiger partial charge in [0.15, 0.2) is 3.95 Å². The maximum Gasteiger partial charge on any atom is 0.231 e. The fraction of sp³-hybridized carbons (Fsp3) is 0.0500. The van der Waals surface area contributed by atoms with E-state index in [1.54, 1.807) is 17.6 Å². The van der Waals surface area contributed by atoms with Crippen molar-refractivity contribution in [1.82, 2.24) is 4.57 Å². The van der Waals surface area contributed by atoms with Gasteiger partial charge in [0.1, 0.15) is 11.9 Å². The number of allylic oxidation sites excluding steroid dienone is 1. The Hall–Kier alpha value is -2.54. The summed E-state index contributed by atoms with van der Waals surface area (Å²) in [5, 5.41) is 0.696. The van der Waals surface area contributed by atoms with Crippen LogP contribution in [-0.2, 0) is 0 Å². The van der Waals surface area contributed by atoms with Crippen molar-refractivity contribution in [2.75, 3.05) is 4.90 Å². The summed E-state index contributed by atoms with van der Waals surface area (Å²) in [6.07, 6.45) is 5.63. The molecule has 2 aliphatic heterocycles. The molecule has 4 nitrogen and oxygen atoms in total. The molecule has 2 aromatic carbocycles. The van der Waals surface area contributed by atoms with E-state index in [1.165, 1.54) is 0 Å². The van der Waals surface area contributed by atoms with E-state index < -0.39 is 0 Å². The molecular weight excluding hydrogens is 396 g/mol. The van der Waals surface area contributed by atoms with Crippen molar-refractivity contribution in [2.24, 2.45) is 9.98 Å². The smallest absolute Gasteiger partial charge is 0.231 e. The highest BCUT2D eigenvalue weighted by molar-refractivity contribution is 7.73. The molecule has 1 aromatic heterocycles. The lowest BCUT2D eigenvalue weighted by Gasteiger charge is -2.30. The molecule has 0 amide bonds. The zero-order valence-electron chi connectivity index (χ0n) is 14.0. The van der Waals surface area contributed by atoms with Gasteiger partial charge >= 0.3 is 0 Å². The van der Waals surface area contributed by atoms with Gasteiger partial charge in [-0.05, 0) is 48.1 Å². The van der Waals surface area contributed by atoms with Gasteiger partial charge in [0.25, 0.3) is 0 Å². The molecule has 27 heavy (non-hydrogen) atoms. The maximum atomic E-state index is 6.08. The van der Waals surface area contributed by atoms with Gasteiger partial charge in [0.2, 0.25) is 5.96 Å². The molecule has 0 aliphatic carbocycles. The highest BCUT2D eigenvalue weighted by Gasteiger charge is 2.33. The molecule has 0 N–H and O–H groups in total. The van der Waals surface area contributed by atoms with Crippen LogP contribution in [0.15, 0.2) is 76.9 Å². The molecule has 1 unspecified atom stereocenters. The Bertz CT molecular complexity index is 1160. The molecule has 132 valence electrons. The van der Waals surface area contributed by atoms with Gasteiger partial charge in [-0.1, -0.05) is 41.9 Å². The lowest BCUT2D eigenvalue weighted by Crippen LogP contribution is -2.32. The molecule has 0 saturated carbocycles. The molecular formula is C20H13ClN4S2. The van der Waals surface area contributed by atoms with Crippen molar-refractivity contribution >= 4 is 53.1 Å². The molecule has 3 aromatic rings. The van der Waals surface area contributed by atoms with E-state index in [2.05, 4.69) is 21.7 Å². The second kappa shape index (κ2) is 6.56. The topological polar surface area (TPSA) is 32.9 Å². The van der Waals surface area contributed by atoms with Crippen molar-refractivity contribution in [1.29, 1.82) is 0 Å². The van der Waals surface area contributed by atoms with Crippen LogP contribution < -0.4 is 4.90 Å². The van der Waals surface area contributed by atoms with Gasteiger partial charge in [0.05, 0.1) is 4.88 Å². The van der Waals surface area contributed by atoms with Gasteiger partial charge in [-0.25, -0.2) is 9.98 Å². The molecule has 2 aliphatic rings. The largest absolute Gasteiger partial charge is 0.277 e. The third-order valence-corrected chi connectivity index (χ3v) is 6.13. The molecule has 0 radical (unpaired) electrons. The number of rotatable bonds is 2. The number of nitrogens with zero attached hydrogens (tertiary/aromatic N) is 4. The number of thiazole rings is 1. The Morgan fingerprint density at radius 3 is 2.59 bits per heavy atom. The number of hydrogen-bond donors (Lipinski definition) is 0. The van der Waals surface area contributed by atoms with E-state index >= 15 is 0 Å². The number of benzene rings is 2. The molecule has 3 heterocycles. The monoisotopic (exact) mass is 408 g/mol. The minimum atomic E-state index is -0.128. The van der Waals surface area contributed by atoms with Crippen LogP contribution >= 0.6 is 35.2 Å². The standard InChI is InChI=1S/C20H13ClN4S2/c21-14-7-9-15(10-8-14)25-18-17(27-20(25)26)16(13-5-2-1-3-6-13)23-19-22-11-4-12-24(18)19/h1-12,16H. The maximum absolute atomic E-state index is 6.08. The predicted octanol–water partition coefficient (Wildman–Crippen LogP) is 5.79. The molecule has 5 rings (SSSR count). The van der Waals surface area contributed by atoms with Gasteiger partial charge in [-0.15, -0.1) is 11.3 Å². The first-order valence-electron chi connectivity index (χ1n) is 8.37.